The van der Waals surface area contributed by atoms with Gasteiger partial charge >= 0.3 is 5.97 Å². The summed E-state index contributed by atoms with van der Waals surface area (Å²) in [6.07, 6.45) is 0.354. The lowest BCUT2D eigenvalue weighted by Crippen LogP contribution is -2.42. The number of benzene rings is 1. The smallest absolute Gasteiger partial charge is 0.310 e. The molecule has 1 unspecified atom stereocenters. The molecular weight excluding hydrogens is 254 g/mol. The Kier molecular flexibility index (Phi) is 6.22. The van der Waals surface area contributed by atoms with Gasteiger partial charge in [0.15, 0.2) is 0 Å². The van der Waals surface area contributed by atoms with Gasteiger partial charge in [-0.15, -0.1) is 0 Å². The minimum Gasteiger partial charge on any atom is -0.469 e. The van der Waals surface area contributed by atoms with E-state index >= 15 is 0 Å². The first kappa shape index (κ1) is 16.2. The van der Waals surface area contributed by atoms with Crippen molar-refractivity contribution >= 4 is 11.9 Å². The molecule has 1 aromatic carbocycles. The highest BCUT2D eigenvalue weighted by Gasteiger charge is 2.23. The summed E-state index contributed by atoms with van der Waals surface area (Å²) in [6.45, 7) is 6.06. The highest BCUT2D eigenvalue weighted by atomic mass is 16.5. The minimum atomic E-state index is -0.317. The highest BCUT2D eigenvalue weighted by Crippen LogP contribution is 2.10. The third-order valence-corrected chi connectivity index (χ3v) is 3.22. The first-order valence-electron chi connectivity index (χ1n) is 6.87. The van der Waals surface area contributed by atoms with Crippen molar-refractivity contribution in [2.45, 2.75) is 33.2 Å². The molecule has 0 heterocycles. The van der Waals surface area contributed by atoms with E-state index in [1.807, 2.05) is 44.2 Å². The second kappa shape index (κ2) is 7.68. The summed E-state index contributed by atoms with van der Waals surface area (Å²) in [5.74, 6) is -0.577. The molecular formula is C16H23NO3. The molecule has 1 atom stereocenters. The zero-order valence-corrected chi connectivity index (χ0v) is 12.6. The maximum absolute atomic E-state index is 12.4. The molecule has 0 aliphatic carbocycles. The topological polar surface area (TPSA) is 46.6 Å². The summed E-state index contributed by atoms with van der Waals surface area (Å²) in [5.41, 5.74) is 0.980. The van der Waals surface area contributed by atoms with Gasteiger partial charge in [-0.3, -0.25) is 9.59 Å². The Hall–Kier alpha value is -1.84. The number of nitrogens with zero attached hydrogens (tertiary/aromatic N) is 1. The van der Waals surface area contributed by atoms with E-state index in [4.69, 9.17) is 4.74 Å². The van der Waals surface area contributed by atoms with E-state index in [0.717, 1.165) is 5.56 Å². The fourth-order valence-electron chi connectivity index (χ4n) is 2.04. The Morgan fingerprint density at radius 2 is 1.75 bits per heavy atom. The van der Waals surface area contributed by atoms with Crippen LogP contribution in [0.5, 0.6) is 0 Å². The molecule has 1 rings (SSSR count). The molecule has 0 aromatic heterocycles. The van der Waals surface area contributed by atoms with Gasteiger partial charge in [0.2, 0.25) is 5.91 Å². The molecule has 0 saturated heterocycles. The first-order valence-corrected chi connectivity index (χ1v) is 6.87. The van der Waals surface area contributed by atoms with Gasteiger partial charge in [-0.1, -0.05) is 37.3 Å². The number of hydrogen-bond donors (Lipinski definition) is 0. The Balaban J connectivity index is 2.71. The quantitative estimate of drug-likeness (QED) is 0.749. The van der Waals surface area contributed by atoms with E-state index in [0.29, 0.717) is 13.0 Å². The Morgan fingerprint density at radius 3 is 2.25 bits per heavy atom. The number of hydrogen-bond acceptors (Lipinski definition) is 3. The Morgan fingerprint density at radius 1 is 1.15 bits per heavy atom. The normalized spacial score (nSPS) is 12.1. The lowest BCUT2D eigenvalue weighted by molar-refractivity contribution is -0.146. The predicted octanol–water partition coefficient (Wildman–Crippen LogP) is 2.28. The largest absolute Gasteiger partial charge is 0.469 e. The fraction of sp³-hybridized carbons (Fsp3) is 0.500. The fourth-order valence-corrected chi connectivity index (χ4v) is 2.04. The molecule has 1 aromatic rings. The van der Waals surface area contributed by atoms with Crippen LogP contribution in [0.15, 0.2) is 30.3 Å². The number of carbonyl (C=O) groups excluding carboxylic acids is 2. The number of rotatable bonds is 6. The average Bonchev–Trinajstić information content (AvgIpc) is 2.44. The number of esters is 1. The molecule has 0 N–H and O–H groups in total. The van der Waals surface area contributed by atoms with Crippen molar-refractivity contribution in [1.82, 2.24) is 4.90 Å². The Bertz CT molecular complexity index is 442. The molecule has 0 spiro atoms. The van der Waals surface area contributed by atoms with Gasteiger partial charge in [-0.2, -0.15) is 0 Å². The molecule has 0 aliphatic heterocycles. The van der Waals surface area contributed by atoms with Crippen molar-refractivity contribution in [3.05, 3.63) is 35.9 Å². The maximum atomic E-state index is 12.4. The van der Waals surface area contributed by atoms with Crippen LogP contribution in [0.1, 0.15) is 26.3 Å². The van der Waals surface area contributed by atoms with E-state index in [1.165, 1.54) is 7.11 Å². The summed E-state index contributed by atoms with van der Waals surface area (Å²) in [6, 6.07) is 9.67. The third kappa shape index (κ3) is 4.68. The van der Waals surface area contributed by atoms with Crippen LogP contribution in [0.4, 0.5) is 0 Å². The average molecular weight is 277 g/mol. The van der Waals surface area contributed by atoms with Gasteiger partial charge in [0.25, 0.3) is 0 Å². The van der Waals surface area contributed by atoms with Crippen LogP contribution in [0.3, 0.4) is 0 Å². The molecule has 20 heavy (non-hydrogen) atoms. The molecule has 1 amide bonds. The lowest BCUT2D eigenvalue weighted by Gasteiger charge is -2.29. The van der Waals surface area contributed by atoms with Gasteiger partial charge in [0.1, 0.15) is 0 Å². The van der Waals surface area contributed by atoms with Crippen LogP contribution in [-0.4, -0.2) is 36.5 Å². The van der Waals surface area contributed by atoms with Gasteiger partial charge in [0.05, 0.1) is 19.4 Å². The third-order valence-electron chi connectivity index (χ3n) is 3.22. The number of ether oxygens (including phenoxy) is 1. The molecule has 0 aliphatic rings. The molecule has 0 fully saturated rings. The molecule has 4 heteroatoms. The van der Waals surface area contributed by atoms with Crippen LogP contribution >= 0.6 is 0 Å². The predicted molar refractivity (Wildman–Crippen MR) is 78.2 cm³/mol. The second-order valence-corrected chi connectivity index (χ2v) is 5.23. The maximum Gasteiger partial charge on any atom is 0.310 e. The van der Waals surface area contributed by atoms with Crippen molar-refractivity contribution in [2.75, 3.05) is 13.7 Å². The highest BCUT2D eigenvalue weighted by molar-refractivity contribution is 5.80. The SMILES string of the molecule is COC(=O)C(C)CN(C(=O)Cc1ccccc1)C(C)C. The van der Waals surface area contributed by atoms with E-state index < -0.39 is 0 Å². The van der Waals surface area contributed by atoms with E-state index in [2.05, 4.69) is 0 Å². The molecule has 0 radical (unpaired) electrons. The molecule has 0 saturated carbocycles. The van der Waals surface area contributed by atoms with Crippen LogP contribution in [-0.2, 0) is 20.7 Å². The monoisotopic (exact) mass is 277 g/mol. The second-order valence-electron chi connectivity index (χ2n) is 5.23. The summed E-state index contributed by atoms with van der Waals surface area (Å²) >= 11 is 0. The Labute approximate surface area is 120 Å². The van der Waals surface area contributed by atoms with E-state index in [1.54, 1.807) is 11.8 Å². The van der Waals surface area contributed by atoms with Crippen molar-refractivity contribution in [1.29, 1.82) is 0 Å². The molecule has 4 nitrogen and oxygen atoms in total. The van der Waals surface area contributed by atoms with Crippen LogP contribution in [0.2, 0.25) is 0 Å². The standard InChI is InChI=1S/C16H23NO3/c1-12(2)17(11-13(3)16(19)20-4)15(18)10-14-8-6-5-7-9-14/h5-9,12-13H,10-11H2,1-4H3. The van der Waals surface area contributed by atoms with E-state index in [-0.39, 0.29) is 23.8 Å². The zero-order chi connectivity index (χ0) is 15.1. The van der Waals surface area contributed by atoms with Crippen molar-refractivity contribution in [2.24, 2.45) is 5.92 Å². The van der Waals surface area contributed by atoms with E-state index in [9.17, 15) is 9.59 Å². The van der Waals surface area contributed by atoms with Gasteiger partial charge in [0, 0.05) is 12.6 Å². The molecule has 110 valence electrons. The summed E-state index contributed by atoms with van der Waals surface area (Å²) in [7, 11) is 1.37. The first-order chi connectivity index (χ1) is 9.45. The minimum absolute atomic E-state index is 0.0296. The number of methoxy groups -OCH3 is 1. The van der Waals surface area contributed by atoms with Crippen molar-refractivity contribution in [3.63, 3.8) is 0 Å². The van der Waals surface area contributed by atoms with Gasteiger partial charge in [-0.25, -0.2) is 0 Å². The molecule has 0 bridgehead atoms. The zero-order valence-electron chi connectivity index (χ0n) is 12.6. The summed E-state index contributed by atoms with van der Waals surface area (Å²) < 4.78 is 4.71. The van der Waals surface area contributed by atoms with Crippen LogP contribution in [0.25, 0.3) is 0 Å². The summed E-state index contributed by atoms with van der Waals surface area (Å²) in [4.78, 5) is 25.6. The number of amides is 1. The summed E-state index contributed by atoms with van der Waals surface area (Å²) in [5, 5.41) is 0. The van der Waals surface area contributed by atoms with Crippen molar-refractivity contribution < 1.29 is 14.3 Å². The van der Waals surface area contributed by atoms with Crippen molar-refractivity contribution in [3.8, 4) is 0 Å². The number of carbonyl (C=O) groups is 2. The van der Waals surface area contributed by atoms with Crippen LogP contribution in [0, 0.1) is 5.92 Å². The lowest BCUT2D eigenvalue weighted by atomic mass is 10.1. The van der Waals surface area contributed by atoms with Crippen LogP contribution < -0.4 is 0 Å². The van der Waals surface area contributed by atoms with Gasteiger partial charge in [-0.05, 0) is 19.4 Å². The van der Waals surface area contributed by atoms with Gasteiger partial charge < -0.3 is 9.64 Å².